The second-order valence-electron chi connectivity index (χ2n) is 5.21. The summed E-state index contributed by atoms with van der Waals surface area (Å²) in [5.41, 5.74) is 5.71. The molecule has 0 atom stereocenters. The highest BCUT2D eigenvalue weighted by Crippen LogP contribution is 2.14. The van der Waals surface area contributed by atoms with Crippen LogP contribution in [0.1, 0.15) is 34.6 Å². The molecule has 4 heteroatoms. The minimum atomic E-state index is -0.162. The average molecular weight is 230 g/mol. The van der Waals surface area contributed by atoms with E-state index in [-0.39, 0.29) is 17.5 Å². The number of hydrogen-bond donors (Lipinski definition) is 1. The SMILES string of the molecule is CCN(CC(=O)OC(C)C)CC(C)(C)CN. The molecule has 0 unspecified atom stereocenters. The van der Waals surface area contributed by atoms with Crippen molar-refractivity contribution in [3.8, 4) is 0 Å². The van der Waals surface area contributed by atoms with E-state index in [9.17, 15) is 4.79 Å². The van der Waals surface area contributed by atoms with E-state index in [0.717, 1.165) is 13.1 Å². The topological polar surface area (TPSA) is 55.6 Å². The third kappa shape index (κ3) is 6.80. The Morgan fingerprint density at radius 3 is 2.38 bits per heavy atom. The van der Waals surface area contributed by atoms with E-state index < -0.39 is 0 Å². The molecule has 0 radical (unpaired) electrons. The van der Waals surface area contributed by atoms with Gasteiger partial charge < -0.3 is 10.5 Å². The molecule has 0 aromatic carbocycles. The van der Waals surface area contributed by atoms with Gasteiger partial charge in [0.05, 0.1) is 12.6 Å². The third-order valence-corrected chi connectivity index (χ3v) is 2.37. The second-order valence-corrected chi connectivity index (χ2v) is 5.21. The van der Waals surface area contributed by atoms with Crippen LogP contribution in [0.15, 0.2) is 0 Å². The molecule has 0 amide bonds. The van der Waals surface area contributed by atoms with E-state index in [0.29, 0.717) is 13.1 Å². The van der Waals surface area contributed by atoms with Crippen LogP contribution in [0.4, 0.5) is 0 Å². The molecule has 16 heavy (non-hydrogen) atoms. The molecule has 0 aromatic heterocycles. The first-order chi connectivity index (χ1) is 7.30. The van der Waals surface area contributed by atoms with E-state index in [1.165, 1.54) is 0 Å². The Hall–Kier alpha value is -0.610. The number of carbonyl (C=O) groups excluding carboxylic acids is 1. The fraction of sp³-hybridized carbons (Fsp3) is 0.917. The molecule has 96 valence electrons. The lowest BCUT2D eigenvalue weighted by Gasteiger charge is -2.30. The molecule has 0 aromatic rings. The van der Waals surface area contributed by atoms with Crippen LogP contribution in [0.3, 0.4) is 0 Å². The van der Waals surface area contributed by atoms with Crippen molar-refractivity contribution >= 4 is 5.97 Å². The van der Waals surface area contributed by atoms with E-state index >= 15 is 0 Å². The Bertz CT molecular complexity index is 215. The molecule has 0 bridgehead atoms. The first kappa shape index (κ1) is 15.4. The van der Waals surface area contributed by atoms with Gasteiger partial charge in [-0.25, -0.2) is 0 Å². The van der Waals surface area contributed by atoms with E-state index in [1.807, 2.05) is 20.8 Å². The van der Waals surface area contributed by atoms with Gasteiger partial charge in [0, 0.05) is 6.54 Å². The van der Waals surface area contributed by atoms with E-state index in [2.05, 4.69) is 18.7 Å². The molecule has 0 fully saturated rings. The van der Waals surface area contributed by atoms with Crippen LogP contribution in [0.5, 0.6) is 0 Å². The summed E-state index contributed by atoms with van der Waals surface area (Å²) in [4.78, 5) is 13.6. The Morgan fingerprint density at radius 1 is 1.44 bits per heavy atom. The zero-order chi connectivity index (χ0) is 12.8. The van der Waals surface area contributed by atoms with Crippen molar-refractivity contribution in [2.45, 2.75) is 40.7 Å². The largest absolute Gasteiger partial charge is 0.462 e. The highest BCUT2D eigenvalue weighted by molar-refractivity contribution is 5.71. The predicted molar refractivity (Wildman–Crippen MR) is 66.2 cm³/mol. The van der Waals surface area contributed by atoms with Gasteiger partial charge in [0.15, 0.2) is 0 Å². The van der Waals surface area contributed by atoms with E-state index in [4.69, 9.17) is 10.5 Å². The maximum Gasteiger partial charge on any atom is 0.320 e. The minimum Gasteiger partial charge on any atom is -0.462 e. The van der Waals surface area contributed by atoms with Gasteiger partial charge in [0.1, 0.15) is 0 Å². The lowest BCUT2D eigenvalue weighted by molar-refractivity contribution is -0.148. The standard InChI is InChI=1S/C12H26N2O2/c1-6-14(9-12(4,5)8-13)7-11(15)16-10(2)3/h10H,6-9,13H2,1-5H3. The van der Waals surface area contributed by atoms with Crippen LogP contribution >= 0.6 is 0 Å². The molecule has 0 heterocycles. The molecular formula is C12H26N2O2. The molecule has 0 spiro atoms. The average Bonchev–Trinajstić information content (AvgIpc) is 2.15. The Balaban J connectivity index is 4.15. The summed E-state index contributed by atoms with van der Waals surface area (Å²) in [6.45, 7) is 12.6. The van der Waals surface area contributed by atoms with Gasteiger partial charge in [-0.05, 0) is 32.4 Å². The maximum atomic E-state index is 11.5. The summed E-state index contributed by atoms with van der Waals surface area (Å²) in [6, 6.07) is 0. The van der Waals surface area contributed by atoms with Crippen LogP contribution in [0, 0.1) is 5.41 Å². The Labute approximate surface area is 99.1 Å². The zero-order valence-corrected chi connectivity index (χ0v) is 11.2. The van der Waals surface area contributed by atoms with Crippen molar-refractivity contribution in [2.75, 3.05) is 26.2 Å². The summed E-state index contributed by atoms with van der Waals surface area (Å²) in [5.74, 6) is -0.162. The van der Waals surface area contributed by atoms with Crippen LogP contribution < -0.4 is 5.73 Å². The molecule has 0 aliphatic heterocycles. The fourth-order valence-corrected chi connectivity index (χ4v) is 1.43. The van der Waals surface area contributed by atoms with Crippen molar-refractivity contribution < 1.29 is 9.53 Å². The third-order valence-electron chi connectivity index (χ3n) is 2.37. The van der Waals surface area contributed by atoms with Gasteiger partial charge in [0.25, 0.3) is 0 Å². The highest BCUT2D eigenvalue weighted by atomic mass is 16.5. The molecule has 0 saturated heterocycles. The van der Waals surface area contributed by atoms with Crippen molar-refractivity contribution in [1.82, 2.24) is 4.90 Å². The molecule has 0 rings (SSSR count). The van der Waals surface area contributed by atoms with Crippen LogP contribution in [-0.2, 0) is 9.53 Å². The van der Waals surface area contributed by atoms with Gasteiger partial charge in [-0.2, -0.15) is 0 Å². The summed E-state index contributed by atoms with van der Waals surface area (Å²) in [7, 11) is 0. The van der Waals surface area contributed by atoms with Gasteiger partial charge >= 0.3 is 5.97 Å². The van der Waals surface area contributed by atoms with Gasteiger partial charge in [-0.1, -0.05) is 20.8 Å². The lowest BCUT2D eigenvalue weighted by atomic mass is 9.93. The van der Waals surface area contributed by atoms with E-state index in [1.54, 1.807) is 0 Å². The second kappa shape index (κ2) is 6.86. The summed E-state index contributed by atoms with van der Waals surface area (Å²) in [5, 5.41) is 0. The number of rotatable bonds is 7. The molecule has 2 N–H and O–H groups in total. The van der Waals surface area contributed by atoms with Crippen molar-refractivity contribution in [3.63, 3.8) is 0 Å². The minimum absolute atomic E-state index is 0.0358. The fourth-order valence-electron chi connectivity index (χ4n) is 1.43. The normalized spacial score (nSPS) is 12.2. The molecule has 0 aliphatic carbocycles. The predicted octanol–water partition coefficient (Wildman–Crippen LogP) is 1.24. The number of likely N-dealkylation sites (N-methyl/N-ethyl adjacent to an activating group) is 1. The van der Waals surface area contributed by atoms with Gasteiger partial charge in [-0.3, -0.25) is 9.69 Å². The smallest absolute Gasteiger partial charge is 0.320 e. The molecule has 0 saturated carbocycles. The lowest BCUT2D eigenvalue weighted by Crippen LogP contribution is -2.41. The Morgan fingerprint density at radius 2 is 2.00 bits per heavy atom. The molecular weight excluding hydrogens is 204 g/mol. The van der Waals surface area contributed by atoms with Crippen LogP contribution in [0.2, 0.25) is 0 Å². The highest BCUT2D eigenvalue weighted by Gasteiger charge is 2.21. The Kier molecular flexibility index (Phi) is 6.60. The first-order valence-corrected chi connectivity index (χ1v) is 5.92. The first-order valence-electron chi connectivity index (χ1n) is 5.92. The number of hydrogen-bond acceptors (Lipinski definition) is 4. The number of esters is 1. The van der Waals surface area contributed by atoms with Crippen LogP contribution in [-0.4, -0.2) is 43.2 Å². The van der Waals surface area contributed by atoms with Gasteiger partial charge in [0.2, 0.25) is 0 Å². The quantitative estimate of drug-likeness (QED) is 0.669. The molecule has 0 aliphatic rings. The number of carbonyl (C=O) groups is 1. The van der Waals surface area contributed by atoms with Crippen LogP contribution in [0.25, 0.3) is 0 Å². The van der Waals surface area contributed by atoms with Crippen molar-refractivity contribution in [3.05, 3.63) is 0 Å². The zero-order valence-electron chi connectivity index (χ0n) is 11.2. The van der Waals surface area contributed by atoms with Crippen molar-refractivity contribution in [2.24, 2.45) is 11.1 Å². The maximum absolute atomic E-state index is 11.5. The molecule has 4 nitrogen and oxygen atoms in total. The summed E-state index contributed by atoms with van der Waals surface area (Å²) in [6.07, 6.45) is -0.0475. The monoisotopic (exact) mass is 230 g/mol. The van der Waals surface area contributed by atoms with Gasteiger partial charge in [-0.15, -0.1) is 0 Å². The summed E-state index contributed by atoms with van der Waals surface area (Å²) >= 11 is 0. The number of nitrogens with two attached hydrogens (primary N) is 1. The number of ether oxygens (including phenoxy) is 1. The van der Waals surface area contributed by atoms with Crippen molar-refractivity contribution in [1.29, 1.82) is 0 Å². The summed E-state index contributed by atoms with van der Waals surface area (Å²) < 4.78 is 5.12. The number of nitrogens with zero attached hydrogens (tertiary/aromatic N) is 1.